The van der Waals surface area contributed by atoms with E-state index in [1.165, 1.54) is 0 Å². The molecule has 2 aromatic heterocycles. The molecule has 4 rings (SSSR count). The lowest BCUT2D eigenvalue weighted by atomic mass is 10.0. The second-order valence-electron chi connectivity index (χ2n) is 5.99. The van der Waals surface area contributed by atoms with Crippen LogP contribution in [0.4, 0.5) is 0 Å². The Balaban J connectivity index is 1.63. The van der Waals surface area contributed by atoms with E-state index in [0.29, 0.717) is 12.4 Å². The van der Waals surface area contributed by atoms with Crippen molar-refractivity contribution in [2.75, 3.05) is 13.7 Å². The van der Waals surface area contributed by atoms with Crippen LogP contribution in [-0.4, -0.2) is 48.7 Å². The van der Waals surface area contributed by atoms with Gasteiger partial charge in [0.2, 0.25) is 5.88 Å². The largest absolute Gasteiger partial charge is 0.481 e. The summed E-state index contributed by atoms with van der Waals surface area (Å²) >= 11 is 0. The summed E-state index contributed by atoms with van der Waals surface area (Å²) in [5.74, 6) is 1.45. The van der Waals surface area contributed by atoms with Gasteiger partial charge in [-0.05, 0) is 29.5 Å². The van der Waals surface area contributed by atoms with Crippen LogP contribution in [0.25, 0.3) is 5.69 Å². The molecule has 3 heterocycles. The zero-order valence-corrected chi connectivity index (χ0v) is 14.2. The van der Waals surface area contributed by atoms with Gasteiger partial charge in [-0.15, -0.1) is 5.10 Å². The number of rotatable bonds is 4. The maximum Gasteiger partial charge on any atom is 0.220 e. The number of methoxy groups -OCH3 is 1. The van der Waals surface area contributed by atoms with Crippen molar-refractivity contribution in [2.45, 2.75) is 25.9 Å². The number of aromatic nitrogens is 6. The molecule has 0 radical (unpaired) electrons. The predicted molar refractivity (Wildman–Crippen MR) is 90.3 cm³/mol. The molecule has 0 N–H and O–H groups in total. The highest BCUT2D eigenvalue weighted by Crippen LogP contribution is 2.29. The lowest BCUT2D eigenvalue weighted by Crippen LogP contribution is -2.35. The molecule has 1 atom stereocenters. The molecule has 25 heavy (non-hydrogen) atoms. The average molecular weight is 337 g/mol. The third kappa shape index (κ3) is 2.85. The van der Waals surface area contributed by atoms with Crippen molar-refractivity contribution in [1.29, 1.82) is 0 Å². The summed E-state index contributed by atoms with van der Waals surface area (Å²) < 4.78 is 7.19. The van der Waals surface area contributed by atoms with E-state index in [-0.39, 0.29) is 6.04 Å². The number of tetrazole rings is 1. The van der Waals surface area contributed by atoms with Gasteiger partial charge in [0.1, 0.15) is 6.33 Å². The summed E-state index contributed by atoms with van der Waals surface area (Å²) in [4.78, 5) is 10.9. The van der Waals surface area contributed by atoms with E-state index in [9.17, 15) is 0 Å². The predicted octanol–water partition coefficient (Wildman–Crippen LogP) is 1.58. The van der Waals surface area contributed by atoms with Gasteiger partial charge >= 0.3 is 0 Å². The van der Waals surface area contributed by atoms with Crippen molar-refractivity contribution in [3.05, 3.63) is 53.7 Å². The van der Waals surface area contributed by atoms with Gasteiger partial charge in [0.15, 0.2) is 5.82 Å². The number of ether oxygens (including phenoxy) is 1. The Morgan fingerprint density at radius 1 is 1.16 bits per heavy atom. The Kier molecular flexibility index (Phi) is 4.10. The number of fused-ring (bicyclic) bond motifs is 1. The molecular formula is C17H19N7O. The lowest BCUT2D eigenvalue weighted by molar-refractivity contribution is 0.177. The Bertz CT molecular complexity index is 850. The van der Waals surface area contributed by atoms with E-state index in [1.54, 1.807) is 18.1 Å². The molecule has 0 amide bonds. The van der Waals surface area contributed by atoms with Crippen LogP contribution in [0.15, 0.2) is 36.7 Å². The van der Waals surface area contributed by atoms with Crippen LogP contribution in [-0.2, 0) is 13.0 Å². The molecule has 0 fully saturated rings. The number of hydrogen-bond donors (Lipinski definition) is 0. The fourth-order valence-electron chi connectivity index (χ4n) is 3.21. The number of hydrogen-bond acceptors (Lipinski definition) is 7. The van der Waals surface area contributed by atoms with Crippen LogP contribution < -0.4 is 4.74 Å². The maximum atomic E-state index is 5.40. The van der Waals surface area contributed by atoms with Crippen LogP contribution in [0, 0.1) is 0 Å². The Labute approximate surface area is 145 Å². The average Bonchev–Trinajstić information content (AvgIpc) is 3.17. The monoisotopic (exact) mass is 337 g/mol. The quantitative estimate of drug-likeness (QED) is 0.715. The van der Waals surface area contributed by atoms with Gasteiger partial charge < -0.3 is 4.74 Å². The highest BCUT2D eigenvalue weighted by molar-refractivity contribution is 5.33. The zero-order valence-electron chi connectivity index (χ0n) is 14.2. The van der Waals surface area contributed by atoms with Gasteiger partial charge in [-0.1, -0.05) is 18.2 Å². The highest BCUT2D eigenvalue weighted by Gasteiger charge is 2.28. The van der Waals surface area contributed by atoms with Crippen LogP contribution in [0.2, 0.25) is 0 Å². The molecule has 1 aliphatic heterocycles. The fourth-order valence-corrected chi connectivity index (χ4v) is 3.21. The van der Waals surface area contributed by atoms with Gasteiger partial charge in [0.25, 0.3) is 0 Å². The first-order valence-corrected chi connectivity index (χ1v) is 8.22. The van der Waals surface area contributed by atoms with Crippen molar-refractivity contribution < 1.29 is 4.74 Å². The van der Waals surface area contributed by atoms with E-state index >= 15 is 0 Å². The smallest absolute Gasteiger partial charge is 0.220 e. The van der Waals surface area contributed by atoms with Crippen molar-refractivity contribution >= 4 is 0 Å². The second kappa shape index (κ2) is 6.56. The number of benzene rings is 1. The van der Waals surface area contributed by atoms with Gasteiger partial charge in [-0.3, -0.25) is 4.90 Å². The molecule has 0 aliphatic carbocycles. The summed E-state index contributed by atoms with van der Waals surface area (Å²) in [6.45, 7) is 3.71. The molecule has 0 bridgehead atoms. The molecule has 1 unspecified atom stereocenters. The van der Waals surface area contributed by atoms with Crippen LogP contribution in [0.1, 0.15) is 30.0 Å². The SMILES string of the molecule is COc1ncnc2c1CN(C(C)c1nnnn1-c1ccccc1)CC2. The lowest BCUT2D eigenvalue weighted by Gasteiger charge is -2.32. The second-order valence-corrected chi connectivity index (χ2v) is 5.99. The molecule has 0 saturated heterocycles. The van der Waals surface area contributed by atoms with Crippen molar-refractivity contribution in [3.8, 4) is 11.6 Å². The van der Waals surface area contributed by atoms with E-state index < -0.39 is 0 Å². The molecule has 128 valence electrons. The van der Waals surface area contributed by atoms with Crippen LogP contribution in [0.3, 0.4) is 0 Å². The summed E-state index contributed by atoms with van der Waals surface area (Å²) in [6, 6.07) is 9.97. The van der Waals surface area contributed by atoms with Gasteiger partial charge in [-0.25, -0.2) is 9.97 Å². The molecule has 0 spiro atoms. The third-order valence-corrected chi connectivity index (χ3v) is 4.60. The maximum absolute atomic E-state index is 5.40. The molecule has 0 saturated carbocycles. The molecule has 8 nitrogen and oxygen atoms in total. The number of para-hydroxylation sites is 1. The molecular weight excluding hydrogens is 318 g/mol. The molecule has 8 heteroatoms. The normalized spacial score (nSPS) is 15.6. The van der Waals surface area contributed by atoms with E-state index in [4.69, 9.17) is 4.74 Å². The third-order valence-electron chi connectivity index (χ3n) is 4.60. The summed E-state index contributed by atoms with van der Waals surface area (Å²) in [5, 5.41) is 12.3. The first-order valence-electron chi connectivity index (χ1n) is 8.22. The van der Waals surface area contributed by atoms with Gasteiger partial charge in [0.05, 0.1) is 24.5 Å². The minimum Gasteiger partial charge on any atom is -0.481 e. The van der Waals surface area contributed by atoms with E-state index in [1.807, 2.05) is 30.3 Å². The first kappa shape index (κ1) is 15.6. The van der Waals surface area contributed by atoms with Crippen LogP contribution in [0.5, 0.6) is 5.88 Å². The van der Waals surface area contributed by atoms with Crippen molar-refractivity contribution in [2.24, 2.45) is 0 Å². The molecule has 1 aromatic carbocycles. The topological polar surface area (TPSA) is 81.8 Å². The Morgan fingerprint density at radius 3 is 2.80 bits per heavy atom. The summed E-state index contributed by atoms with van der Waals surface area (Å²) in [6.07, 6.45) is 2.41. The van der Waals surface area contributed by atoms with Crippen molar-refractivity contribution in [1.82, 2.24) is 35.1 Å². The van der Waals surface area contributed by atoms with E-state index in [0.717, 1.165) is 35.7 Å². The molecule has 3 aromatic rings. The molecule has 1 aliphatic rings. The number of nitrogens with zero attached hydrogens (tertiary/aromatic N) is 7. The minimum absolute atomic E-state index is 0.0493. The van der Waals surface area contributed by atoms with Gasteiger partial charge in [-0.2, -0.15) is 4.68 Å². The van der Waals surface area contributed by atoms with Crippen LogP contribution >= 0.6 is 0 Å². The highest BCUT2D eigenvalue weighted by atomic mass is 16.5. The zero-order chi connectivity index (χ0) is 17.2. The summed E-state index contributed by atoms with van der Waals surface area (Å²) in [5.41, 5.74) is 3.05. The first-order chi connectivity index (χ1) is 12.3. The Morgan fingerprint density at radius 2 is 2.00 bits per heavy atom. The fraction of sp³-hybridized carbons (Fsp3) is 0.353. The standard InChI is InChI=1S/C17H19N7O/c1-12(16-20-21-22-24(16)13-6-4-3-5-7-13)23-9-8-15-14(10-23)17(25-2)19-11-18-15/h3-7,11-12H,8-10H2,1-2H3. The van der Waals surface area contributed by atoms with E-state index in [2.05, 4.69) is 37.3 Å². The van der Waals surface area contributed by atoms with Crippen molar-refractivity contribution in [3.63, 3.8) is 0 Å². The summed E-state index contributed by atoms with van der Waals surface area (Å²) in [7, 11) is 1.64. The Hall–Kier alpha value is -2.87. The van der Waals surface area contributed by atoms with Gasteiger partial charge in [0, 0.05) is 25.1 Å². The minimum atomic E-state index is 0.0493.